The summed E-state index contributed by atoms with van der Waals surface area (Å²) in [6.07, 6.45) is 4.82. The van der Waals surface area contributed by atoms with Crippen LogP contribution in [-0.2, 0) is 0 Å². The maximum atomic E-state index is 5.20. The fourth-order valence-electron chi connectivity index (χ4n) is 3.24. The molecule has 3 aromatic heterocycles. The highest BCUT2D eigenvalue weighted by molar-refractivity contribution is 5.49. The van der Waals surface area contributed by atoms with Crippen LogP contribution in [0.4, 0.5) is 5.82 Å². The number of piperidine rings is 1. The zero-order chi connectivity index (χ0) is 16.7. The van der Waals surface area contributed by atoms with Gasteiger partial charge in [0.1, 0.15) is 12.1 Å². The smallest absolute Gasteiger partial charge is 0.254 e. The molecular formula is C16H21N7O. The van der Waals surface area contributed by atoms with Crippen molar-refractivity contribution in [2.75, 3.05) is 11.4 Å². The van der Waals surface area contributed by atoms with Crippen molar-refractivity contribution in [3.63, 3.8) is 0 Å². The Kier molecular flexibility index (Phi) is 3.66. The summed E-state index contributed by atoms with van der Waals surface area (Å²) >= 11 is 0. The van der Waals surface area contributed by atoms with E-state index in [1.165, 1.54) is 0 Å². The average Bonchev–Trinajstić information content (AvgIpc) is 3.22. The third-order valence-electron chi connectivity index (χ3n) is 4.48. The number of anilines is 1. The van der Waals surface area contributed by atoms with Crippen LogP contribution in [-0.4, -0.2) is 36.3 Å². The molecule has 3 aromatic rings. The minimum absolute atomic E-state index is 0.0889. The third-order valence-corrected chi connectivity index (χ3v) is 4.48. The number of rotatable bonds is 3. The van der Waals surface area contributed by atoms with E-state index in [-0.39, 0.29) is 6.04 Å². The van der Waals surface area contributed by atoms with Crippen LogP contribution >= 0.6 is 0 Å². The molecule has 8 nitrogen and oxygen atoms in total. The molecule has 0 aliphatic carbocycles. The Balaban J connectivity index is 1.83. The summed E-state index contributed by atoms with van der Waals surface area (Å²) in [4.78, 5) is 15.7. The van der Waals surface area contributed by atoms with Gasteiger partial charge in [0.15, 0.2) is 5.82 Å². The molecule has 126 valence electrons. The molecule has 8 heteroatoms. The number of aryl methyl sites for hydroxylation is 1. The van der Waals surface area contributed by atoms with Gasteiger partial charge in [-0.25, -0.2) is 4.98 Å². The first-order valence-electron chi connectivity index (χ1n) is 8.41. The van der Waals surface area contributed by atoms with E-state index in [1.54, 1.807) is 10.8 Å². The zero-order valence-corrected chi connectivity index (χ0v) is 14.2. The maximum Gasteiger partial charge on any atom is 0.254 e. The van der Waals surface area contributed by atoms with Crippen LogP contribution in [0.25, 0.3) is 5.78 Å². The van der Waals surface area contributed by atoms with Crippen LogP contribution in [0.2, 0.25) is 0 Å². The highest BCUT2D eigenvalue weighted by Crippen LogP contribution is 2.34. The second kappa shape index (κ2) is 5.85. The third kappa shape index (κ3) is 2.51. The van der Waals surface area contributed by atoms with E-state index in [0.717, 1.165) is 43.1 Å². The van der Waals surface area contributed by atoms with Gasteiger partial charge in [-0.3, -0.25) is 0 Å². The lowest BCUT2D eigenvalue weighted by atomic mass is 10.0. The van der Waals surface area contributed by atoms with E-state index in [9.17, 15) is 0 Å². The first kappa shape index (κ1) is 15.0. The summed E-state index contributed by atoms with van der Waals surface area (Å²) in [7, 11) is 0. The Bertz CT molecular complexity index is 853. The van der Waals surface area contributed by atoms with E-state index in [0.29, 0.717) is 17.6 Å². The molecule has 0 N–H and O–H groups in total. The Morgan fingerprint density at radius 2 is 2.12 bits per heavy atom. The van der Waals surface area contributed by atoms with Gasteiger partial charge in [0.05, 0.1) is 11.7 Å². The standard InChI is InChI=1S/C16H21N7O/c1-10(2)12-8-14(23-16(20-12)17-9-18-23)22-7-5-4-6-13(22)15-19-11(3)24-21-15/h8-10,13H,4-7H2,1-3H3/t13-/m1/s1. The maximum absolute atomic E-state index is 5.20. The first-order valence-corrected chi connectivity index (χ1v) is 8.41. The number of hydrogen-bond acceptors (Lipinski definition) is 7. The molecule has 1 aliphatic rings. The molecule has 0 aromatic carbocycles. The van der Waals surface area contributed by atoms with Crippen LogP contribution < -0.4 is 4.90 Å². The summed E-state index contributed by atoms with van der Waals surface area (Å²) in [5.41, 5.74) is 1.01. The molecular weight excluding hydrogens is 306 g/mol. The number of hydrogen-bond donors (Lipinski definition) is 0. The van der Waals surface area contributed by atoms with E-state index in [1.807, 2.05) is 6.92 Å². The highest BCUT2D eigenvalue weighted by Gasteiger charge is 2.30. The minimum atomic E-state index is 0.0889. The lowest BCUT2D eigenvalue weighted by Crippen LogP contribution is -2.35. The molecule has 4 rings (SSSR count). The van der Waals surface area contributed by atoms with E-state index < -0.39 is 0 Å². The second-order valence-electron chi connectivity index (χ2n) is 6.54. The van der Waals surface area contributed by atoms with Gasteiger partial charge in [0.25, 0.3) is 5.78 Å². The van der Waals surface area contributed by atoms with Crippen LogP contribution in [0.15, 0.2) is 16.9 Å². The largest absolute Gasteiger partial charge is 0.346 e. The molecule has 1 fully saturated rings. The molecule has 1 saturated heterocycles. The predicted octanol–water partition coefficient (Wildman–Crippen LogP) is 2.67. The number of nitrogens with zero attached hydrogens (tertiary/aromatic N) is 7. The fourth-order valence-corrected chi connectivity index (χ4v) is 3.24. The Labute approximate surface area is 139 Å². The Morgan fingerprint density at radius 1 is 1.25 bits per heavy atom. The predicted molar refractivity (Wildman–Crippen MR) is 87.8 cm³/mol. The molecule has 1 aliphatic heterocycles. The van der Waals surface area contributed by atoms with Gasteiger partial charge >= 0.3 is 0 Å². The van der Waals surface area contributed by atoms with E-state index in [2.05, 4.69) is 50.0 Å². The van der Waals surface area contributed by atoms with Crippen molar-refractivity contribution in [3.05, 3.63) is 29.8 Å². The Hall–Kier alpha value is -2.51. The topological polar surface area (TPSA) is 85.2 Å². The quantitative estimate of drug-likeness (QED) is 0.731. The summed E-state index contributed by atoms with van der Waals surface area (Å²) < 4.78 is 7.00. The molecule has 0 unspecified atom stereocenters. The van der Waals surface area contributed by atoms with Crippen LogP contribution in [0.1, 0.15) is 62.5 Å². The molecule has 24 heavy (non-hydrogen) atoms. The van der Waals surface area contributed by atoms with E-state index in [4.69, 9.17) is 4.52 Å². The van der Waals surface area contributed by atoms with Crippen molar-refractivity contribution in [3.8, 4) is 0 Å². The van der Waals surface area contributed by atoms with Crippen molar-refractivity contribution in [1.82, 2.24) is 29.7 Å². The van der Waals surface area contributed by atoms with Crippen LogP contribution in [0.3, 0.4) is 0 Å². The van der Waals surface area contributed by atoms with Crippen LogP contribution in [0.5, 0.6) is 0 Å². The summed E-state index contributed by atoms with van der Waals surface area (Å²) in [5, 5.41) is 8.52. The first-order chi connectivity index (χ1) is 11.6. The summed E-state index contributed by atoms with van der Waals surface area (Å²) in [5.74, 6) is 3.28. The minimum Gasteiger partial charge on any atom is -0.346 e. The lowest BCUT2D eigenvalue weighted by molar-refractivity contribution is 0.371. The van der Waals surface area contributed by atoms with Crippen LogP contribution in [0, 0.1) is 6.92 Å². The molecule has 0 saturated carbocycles. The van der Waals surface area contributed by atoms with Gasteiger partial charge in [0.2, 0.25) is 5.89 Å². The molecule has 0 spiro atoms. The number of fused-ring (bicyclic) bond motifs is 1. The second-order valence-corrected chi connectivity index (χ2v) is 6.54. The fraction of sp³-hybridized carbons (Fsp3) is 0.562. The molecule has 4 heterocycles. The zero-order valence-electron chi connectivity index (χ0n) is 14.2. The van der Waals surface area contributed by atoms with Crippen molar-refractivity contribution in [2.45, 2.75) is 52.0 Å². The summed E-state index contributed by atoms with van der Waals surface area (Å²) in [6, 6.07) is 2.20. The lowest BCUT2D eigenvalue weighted by Gasteiger charge is -2.35. The highest BCUT2D eigenvalue weighted by atomic mass is 16.5. The normalized spacial score (nSPS) is 18.7. The van der Waals surface area contributed by atoms with Gasteiger partial charge < -0.3 is 9.42 Å². The van der Waals surface area contributed by atoms with E-state index >= 15 is 0 Å². The van der Waals surface area contributed by atoms with Gasteiger partial charge in [-0.15, -0.1) is 0 Å². The summed E-state index contributed by atoms with van der Waals surface area (Å²) in [6.45, 7) is 7.02. The molecule has 0 radical (unpaired) electrons. The molecule has 1 atom stereocenters. The van der Waals surface area contributed by atoms with Crippen molar-refractivity contribution in [2.24, 2.45) is 0 Å². The van der Waals surface area contributed by atoms with Crippen molar-refractivity contribution < 1.29 is 4.52 Å². The Morgan fingerprint density at radius 3 is 2.88 bits per heavy atom. The molecule has 0 amide bonds. The van der Waals surface area contributed by atoms with Gasteiger partial charge in [0, 0.05) is 19.5 Å². The SMILES string of the molecule is Cc1nc([C@H]2CCCCN2c2cc(C(C)C)nc3ncnn23)no1. The van der Waals surface area contributed by atoms with Crippen molar-refractivity contribution in [1.29, 1.82) is 0 Å². The molecule has 0 bridgehead atoms. The number of aromatic nitrogens is 6. The van der Waals surface area contributed by atoms with Gasteiger partial charge in [-0.1, -0.05) is 19.0 Å². The van der Waals surface area contributed by atoms with Crippen molar-refractivity contribution >= 4 is 11.6 Å². The van der Waals surface area contributed by atoms with Gasteiger partial charge in [-0.2, -0.15) is 19.6 Å². The average molecular weight is 327 g/mol. The monoisotopic (exact) mass is 327 g/mol. The van der Waals surface area contributed by atoms with Gasteiger partial charge in [-0.05, 0) is 25.2 Å².